The van der Waals surface area contributed by atoms with Crippen LogP contribution in [0.3, 0.4) is 0 Å². The second-order valence-corrected chi connectivity index (χ2v) is 581. The molecule has 0 saturated carbocycles. The molecule has 6 aliphatic rings. The van der Waals surface area contributed by atoms with Crippen LogP contribution >= 0.6 is 477 Å². The van der Waals surface area contributed by atoms with Crippen LogP contribution in [0.25, 0.3) is 0 Å². The Hall–Kier alpha value is 15.4. The molecule has 122 heavy (non-hydrogen) atoms. The van der Waals surface area contributed by atoms with Gasteiger partial charge < -0.3 is 29.5 Å². The first-order chi connectivity index (χ1) is 58.5. The van der Waals surface area contributed by atoms with Crippen molar-refractivity contribution in [2.75, 3.05) is 44.7 Å². The number of carbonyl (C=O) groups is 6. The minimum absolute atomic E-state index is 0.00571. The number of aromatic nitrogens is 8. The molecule has 1 radical (unpaired) electrons. The summed E-state index contributed by atoms with van der Waals surface area (Å²) >= 11 is 80.2. The second-order valence-electron chi connectivity index (χ2n) is 25.9. The molecule has 20 nitrogen and oxygen atoms in total. The molecule has 56 heteroatoms. The molecule has 1 N–H and O–H groups in total. The molecule has 0 saturated heterocycles. The predicted molar refractivity (Wildman–Crippen MR) is 763 cm³/mol. The number of carbonyl (C=O) groups excluding carboxylic acids is 6. The van der Waals surface area contributed by atoms with E-state index in [1.54, 1.807) is 32.5 Å². The van der Waals surface area contributed by atoms with Crippen molar-refractivity contribution < 1.29 is 51.5 Å². The second kappa shape index (κ2) is 69.7. The van der Waals surface area contributed by atoms with Crippen LogP contribution in [0, 0.1) is 0 Å². The number of nitrogens with zero attached hydrogens (tertiary/aromatic N) is 11. The number of aryl methyl sites for hydroxylation is 4. The standard InChI is InChI=1S/C19H20Cl2N4O2.C15H25N3O2.C13H19N3O.C12H17BrN2O2.C7H3Cl3O.BH2.I12.I11.I6/c1-11(2)24-7-8-25-17(19(24)27)13-10-23(6-5-16(13)22-25)18(26)12-3-4-14(20)15(21)9-12;1-4-20-15(19)14-12-7-5-6-8-13(12)17-18(14)10-9-16-11(2)3;1-9(2)15-7-8-16-12(13(15)17)10-5-3-4-6-11(10)14-16;1-2-17-12(16)11-9-5-3-4-6-10(9)14-15(11)8-7-13;8-5-2-1-4(7(10)11)3-6(5)9;;1-8(2)10(5)12(7)11(6)9(3)4;1-7-9(4)11(6)10(5)8(2)3;1-5(2)6(3)4/h3-4,9,11H,5-8,10H2,1-2H3;11,16H,4-10H2,1-3H3;9H,3-8H2,1-2H3;2-8H2,1H3;1-3H;1H2;;;/q;;;;;;;-1;/i;;;;;1TD;;;. The summed E-state index contributed by atoms with van der Waals surface area (Å²) in [6, 6.07) is 10.2. The van der Waals surface area contributed by atoms with E-state index in [0.29, 0.717) is 135 Å². The number of ether oxygens (including phenoxy) is 2. The van der Waals surface area contributed by atoms with Crippen molar-refractivity contribution in [3.05, 3.63) is 135 Å². The molecule has 0 unspecified atom stereocenters. The Kier molecular flexibility index (Phi) is 72.1. The predicted octanol–water partition coefficient (Wildman–Crippen LogP) is 33.4. The number of hydrogen-bond donors (Lipinski definition) is 1. The number of alkyl halides is 1. The van der Waals surface area contributed by atoms with Crippen LogP contribution in [-0.2, 0) is 87.1 Å². The van der Waals surface area contributed by atoms with Gasteiger partial charge in [0.2, 0.25) is 0 Å². The van der Waals surface area contributed by atoms with Gasteiger partial charge in [-0.25, -0.2) is 9.59 Å². The monoisotopic (exact) mass is 5120 g/mol. The molecular weight excluding hydrogens is 5040 g/mol. The third kappa shape index (κ3) is 43.0. The van der Waals surface area contributed by atoms with E-state index < -0.39 is 5.24 Å². The van der Waals surface area contributed by atoms with Crippen LogP contribution in [0.1, 0.15) is 202 Å². The molecule has 6 aromatic rings. The van der Waals surface area contributed by atoms with Crippen LogP contribution < -0.4 is 18.6 Å². The number of halogens is 35. The van der Waals surface area contributed by atoms with Gasteiger partial charge in [-0.3, -0.25) is 37.9 Å². The van der Waals surface area contributed by atoms with Gasteiger partial charge in [0.1, 0.15) is 22.8 Å². The van der Waals surface area contributed by atoms with Crippen molar-refractivity contribution in [1.82, 2.24) is 59.1 Å². The zero-order valence-corrected chi connectivity index (χ0v) is 133. The molecule has 3 amide bonds. The van der Waals surface area contributed by atoms with Gasteiger partial charge in [0, 0.05) is 89.4 Å². The Morgan fingerprint density at radius 1 is 0.533 bits per heavy atom. The molecule has 0 atom stereocenters. The number of rotatable bonds is 23. The molecule has 2 aromatic carbocycles. The Bertz CT molecular complexity index is 4380. The molecule has 0 fully saturated rings. The fourth-order valence-electron chi connectivity index (χ4n) is 12.4. The van der Waals surface area contributed by atoms with Crippen LogP contribution in [0.5, 0.6) is 0 Å². The average Bonchev–Trinajstić information content (AvgIpc) is 1.58. The molecule has 7 heterocycles. The number of hydrogen-bond acceptors (Lipinski definition) is 13. The van der Waals surface area contributed by atoms with Crippen LogP contribution in [0.2, 0.25) is 20.1 Å². The minimum Gasteiger partial charge on any atom is -0.276 e. The zero-order chi connectivity index (χ0) is 93.3. The van der Waals surface area contributed by atoms with E-state index >= 15 is 0 Å². The van der Waals surface area contributed by atoms with E-state index in [9.17, 15) is 28.8 Å². The fourth-order valence-corrected chi connectivity index (χ4v) is 2320. The van der Waals surface area contributed by atoms with Crippen molar-refractivity contribution in [3.63, 3.8) is 0 Å². The van der Waals surface area contributed by atoms with Gasteiger partial charge in [-0.05, 0) is 169 Å². The minimum atomic E-state index is -0.538. The van der Waals surface area contributed by atoms with Gasteiger partial charge in [0.15, 0.2) is 0 Å². The van der Waals surface area contributed by atoms with E-state index in [0.717, 1.165) is 122 Å². The zero-order valence-electron chi connectivity index (χ0n) is 67.4. The van der Waals surface area contributed by atoms with Crippen molar-refractivity contribution >= 4 is 520 Å². The number of benzene rings is 2. The Balaban J connectivity index is 0.000000305. The molecule has 0 spiro atoms. The number of nitrogens with one attached hydrogen (secondary N) is 1. The van der Waals surface area contributed by atoms with Gasteiger partial charge in [-0.2, -0.15) is 20.4 Å². The smallest absolute Gasteiger partial charge is 0.252 e. The van der Waals surface area contributed by atoms with Gasteiger partial charge in [-0.1, -0.05) is 76.2 Å². The van der Waals surface area contributed by atoms with Crippen LogP contribution in [0.15, 0.2) is 36.4 Å². The fraction of sp³-hybridized carbons (Fsp3) is 0.545. The van der Waals surface area contributed by atoms with Crippen LogP contribution in [-0.4, -0.2) is 163 Å². The third-order valence-electron chi connectivity index (χ3n) is 17.5. The molecule has 3 aliphatic carbocycles. The van der Waals surface area contributed by atoms with E-state index in [-0.39, 0.29) is 129 Å². The van der Waals surface area contributed by atoms with Crippen molar-refractivity contribution in [2.24, 2.45) is 0 Å². The van der Waals surface area contributed by atoms with Gasteiger partial charge >= 0.3 is 429 Å². The number of fused-ring (bicyclic) bond motifs is 8. The average molecular weight is 5130 g/mol. The first-order valence-corrected chi connectivity index (χ1v) is 202. The Morgan fingerprint density at radius 3 is 1.30 bits per heavy atom. The topological polar surface area (TPSA) is 214 Å². The summed E-state index contributed by atoms with van der Waals surface area (Å²) in [5.74, 6) is -0.407. The quantitative estimate of drug-likeness (QED) is 0.0208. The first kappa shape index (κ1) is 126. The van der Waals surface area contributed by atoms with Gasteiger partial charge in [0.05, 0.1) is 97.1 Å². The van der Waals surface area contributed by atoms with Crippen molar-refractivity contribution in [1.29, 1.82) is 2.67 Å². The Morgan fingerprint density at radius 2 is 0.918 bits per heavy atom. The van der Waals surface area contributed by atoms with Gasteiger partial charge in [0.25, 0.3) is 23.0 Å². The maximum Gasteiger partial charge on any atom is 0.252 e. The summed E-state index contributed by atoms with van der Waals surface area (Å²) in [6.07, 6.45) is 13.6. The summed E-state index contributed by atoms with van der Waals surface area (Å²) < 4.78 is 29.2. The van der Waals surface area contributed by atoms with Gasteiger partial charge in [-0.15, -0.1) is 0 Å². The third-order valence-corrected chi connectivity index (χ3v) is 1420. The first-order valence-electron chi connectivity index (χ1n) is 36.9. The molecule has 4 aromatic heterocycles. The normalized spacial score (nSPS) is 15.6. The summed E-state index contributed by atoms with van der Waals surface area (Å²) in [5, 5.41) is 23.5. The Labute approximate surface area is 975 Å². The number of amides is 3. The molecule has 3 aliphatic heterocycles. The summed E-state index contributed by atoms with van der Waals surface area (Å²) in [7, 11) is -3.00. The molecule has 707 valence electrons. The van der Waals surface area contributed by atoms with Crippen LogP contribution in [0.4, 0.5) is 0 Å². The summed E-state index contributed by atoms with van der Waals surface area (Å²) in [5.41, 5.74) is 12.2. The summed E-state index contributed by atoms with van der Waals surface area (Å²) in [4.78, 5) is 78.6. The molecule has 12 rings (SSSR count). The largest absolute Gasteiger partial charge is 0.276 e. The van der Waals surface area contributed by atoms with E-state index in [1.165, 1.54) is 48.7 Å². The molecule has 0 bridgehead atoms. The maximum absolute atomic E-state index is 12.9. The van der Waals surface area contributed by atoms with E-state index in [2.05, 4.69) is 386 Å². The molecular formula is C66H86BBrCl5I29N12O8-. The van der Waals surface area contributed by atoms with Crippen molar-refractivity contribution in [3.8, 4) is 0 Å². The van der Waals surface area contributed by atoms with E-state index in [1.807, 2.05) is 46.9 Å². The van der Waals surface area contributed by atoms with Crippen molar-refractivity contribution in [2.45, 2.75) is 190 Å². The maximum atomic E-state index is 12.9. The summed E-state index contributed by atoms with van der Waals surface area (Å²) in [6.45, 7) is 23.0. The SMILES string of the molecule is CC(C)N1CCn2nc3c(c2C1=O)CCCC3.CC(C)N1CCn2nc3c(c2C1=O)CN(C(=O)c1ccc(Cl)c(Cl)c1)CC3.CCOC(=O)c1c2c(nn1CCBr)CCCC2.CCOC(=O)c1c2c(nn1CCNC(C)C)CCCC2.II(I)I(I)I.II(I)I(I)I(I)I(I)I(I)I.I[I-]I(I)I(I)I(I)I(I)I.O=C(Cl)c1ccc(Cl)c(Cl)c1.[2H][B][3H]. The number of esters is 2. The van der Waals surface area contributed by atoms with E-state index in [4.69, 9.17) is 70.1 Å².